The lowest BCUT2D eigenvalue weighted by atomic mass is 9.77. The van der Waals surface area contributed by atoms with Crippen LogP contribution in [0, 0.1) is 5.41 Å². The van der Waals surface area contributed by atoms with E-state index in [-0.39, 0.29) is 23.2 Å². The van der Waals surface area contributed by atoms with E-state index in [2.05, 4.69) is 5.32 Å². The van der Waals surface area contributed by atoms with Crippen LogP contribution in [0.2, 0.25) is 0 Å². The number of benzene rings is 1. The molecule has 1 heterocycles. The largest absolute Gasteiger partial charge is 0.399 e. The van der Waals surface area contributed by atoms with Crippen molar-refractivity contribution in [1.29, 1.82) is 0 Å². The van der Waals surface area contributed by atoms with Gasteiger partial charge in [-0.1, -0.05) is 0 Å². The van der Waals surface area contributed by atoms with Crippen LogP contribution in [-0.2, 0) is 14.6 Å². The average molecular weight is 353 g/mol. The summed E-state index contributed by atoms with van der Waals surface area (Å²) in [4.78, 5) is 12.5. The predicted molar refractivity (Wildman–Crippen MR) is 89.1 cm³/mol. The molecule has 1 saturated carbocycles. The molecule has 1 atom stereocenters. The molecule has 3 rings (SSSR count). The molecule has 1 aromatic rings. The van der Waals surface area contributed by atoms with Crippen molar-refractivity contribution in [3.63, 3.8) is 0 Å². The number of rotatable bonds is 3. The summed E-state index contributed by atoms with van der Waals surface area (Å²) in [5.74, 6) is -0.838. The molecule has 1 aromatic carbocycles. The van der Waals surface area contributed by atoms with Gasteiger partial charge in [-0.2, -0.15) is 0 Å². The van der Waals surface area contributed by atoms with Gasteiger partial charge in [-0.3, -0.25) is 10.0 Å². The third-order valence-corrected chi connectivity index (χ3v) is 8.06. The van der Waals surface area contributed by atoms with E-state index < -0.39 is 20.5 Å². The third-order valence-electron chi connectivity index (χ3n) is 5.60. The second-order valence-electron chi connectivity index (χ2n) is 6.93. The van der Waals surface area contributed by atoms with Gasteiger partial charge in [0.2, 0.25) is 0 Å². The Labute approximate surface area is 141 Å². The van der Waals surface area contributed by atoms with Crippen LogP contribution in [-0.4, -0.2) is 37.4 Å². The number of sulfone groups is 1. The van der Waals surface area contributed by atoms with E-state index >= 15 is 0 Å². The third kappa shape index (κ3) is 2.58. The molecule has 0 radical (unpaired) electrons. The highest BCUT2D eigenvalue weighted by Gasteiger charge is 2.60. The number of hydrogen-bond acceptors (Lipinski definition) is 6. The minimum Gasteiger partial charge on any atom is -0.399 e. The average Bonchev–Trinajstić information content (AvgIpc) is 2.96. The topological polar surface area (TPSA) is 122 Å². The summed E-state index contributed by atoms with van der Waals surface area (Å²) in [5.41, 5.74) is 7.52. The van der Waals surface area contributed by atoms with Gasteiger partial charge < -0.3 is 11.1 Å². The van der Waals surface area contributed by atoms with Crippen LogP contribution in [0.4, 0.5) is 5.69 Å². The molecule has 5 N–H and O–H groups in total. The molecule has 132 valence electrons. The molecule has 2 fully saturated rings. The van der Waals surface area contributed by atoms with Crippen molar-refractivity contribution in [3.05, 3.63) is 24.3 Å². The molecule has 0 bridgehead atoms. The molecule has 1 spiro atoms. The zero-order chi connectivity index (χ0) is 17.4. The van der Waals surface area contributed by atoms with Gasteiger partial charge in [-0.25, -0.2) is 13.9 Å². The number of piperidine rings is 1. The van der Waals surface area contributed by atoms with Crippen molar-refractivity contribution >= 4 is 21.4 Å². The highest BCUT2D eigenvalue weighted by molar-refractivity contribution is 7.93. The molecule has 2 aliphatic rings. The zero-order valence-corrected chi connectivity index (χ0v) is 14.2. The minimum absolute atomic E-state index is 0.0614. The SMILES string of the molecule is Nc1ccc(S(=O)(=O)C2(C(=O)NO)CCC3(CCNCC3)C2)cc1. The number of hydroxylamine groups is 1. The number of anilines is 1. The van der Waals surface area contributed by atoms with Crippen LogP contribution in [0.3, 0.4) is 0 Å². The fourth-order valence-electron chi connectivity index (χ4n) is 4.15. The van der Waals surface area contributed by atoms with Crippen molar-refractivity contribution in [2.75, 3.05) is 18.8 Å². The van der Waals surface area contributed by atoms with Gasteiger partial charge in [0.25, 0.3) is 5.91 Å². The van der Waals surface area contributed by atoms with Crippen molar-refractivity contribution < 1.29 is 18.4 Å². The highest BCUT2D eigenvalue weighted by Crippen LogP contribution is 2.54. The standard InChI is InChI=1S/C16H23N3O4S/c17-12-1-3-13(4-2-12)24(22,23)16(14(20)19-21)6-5-15(11-16)7-9-18-10-8-15/h1-4,18,21H,5-11,17H2,(H,19,20). The van der Waals surface area contributed by atoms with Crippen LogP contribution in [0.5, 0.6) is 0 Å². The summed E-state index contributed by atoms with van der Waals surface area (Å²) in [6.45, 7) is 1.64. The van der Waals surface area contributed by atoms with E-state index in [9.17, 15) is 18.4 Å². The second-order valence-corrected chi connectivity index (χ2v) is 9.19. The van der Waals surface area contributed by atoms with E-state index in [0.717, 1.165) is 25.9 Å². The Balaban J connectivity index is 2.04. The van der Waals surface area contributed by atoms with Crippen molar-refractivity contribution in [2.24, 2.45) is 5.41 Å². The van der Waals surface area contributed by atoms with E-state index in [4.69, 9.17) is 5.73 Å². The van der Waals surface area contributed by atoms with Crippen LogP contribution < -0.4 is 16.5 Å². The first-order valence-electron chi connectivity index (χ1n) is 8.11. The Kier molecular flexibility index (Phi) is 4.31. The normalized spacial score (nSPS) is 26.4. The zero-order valence-electron chi connectivity index (χ0n) is 13.4. The molecule has 1 aliphatic heterocycles. The Morgan fingerprint density at radius 3 is 2.33 bits per heavy atom. The first-order valence-corrected chi connectivity index (χ1v) is 9.59. The summed E-state index contributed by atoms with van der Waals surface area (Å²) in [6, 6.07) is 5.86. The van der Waals surface area contributed by atoms with Gasteiger partial charge in [0.1, 0.15) is 0 Å². The summed E-state index contributed by atoms with van der Waals surface area (Å²) < 4.78 is 24.9. The quantitative estimate of drug-likeness (QED) is 0.363. The molecular weight excluding hydrogens is 330 g/mol. The van der Waals surface area contributed by atoms with Gasteiger partial charge >= 0.3 is 0 Å². The van der Waals surface area contributed by atoms with Gasteiger partial charge in [0.05, 0.1) is 4.90 Å². The van der Waals surface area contributed by atoms with Gasteiger partial charge in [0, 0.05) is 5.69 Å². The maximum atomic E-state index is 13.3. The summed E-state index contributed by atoms with van der Waals surface area (Å²) >= 11 is 0. The first kappa shape index (κ1) is 17.2. The van der Waals surface area contributed by atoms with Crippen molar-refractivity contribution in [3.8, 4) is 0 Å². The molecule has 24 heavy (non-hydrogen) atoms. The van der Waals surface area contributed by atoms with Crippen LogP contribution in [0.25, 0.3) is 0 Å². The van der Waals surface area contributed by atoms with Gasteiger partial charge in [-0.15, -0.1) is 0 Å². The minimum atomic E-state index is -3.95. The molecule has 8 heteroatoms. The molecule has 1 saturated heterocycles. The number of amides is 1. The van der Waals surface area contributed by atoms with Crippen molar-refractivity contribution in [1.82, 2.24) is 10.8 Å². The monoisotopic (exact) mass is 353 g/mol. The second kappa shape index (κ2) is 6.02. The van der Waals surface area contributed by atoms with Crippen LogP contribution in [0.15, 0.2) is 29.2 Å². The number of carbonyl (C=O) groups is 1. The number of nitrogen functional groups attached to an aromatic ring is 1. The maximum absolute atomic E-state index is 13.3. The molecular formula is C16H23N3O4S. The van der Waals surface area contributed by atoms with E-state index in [1.54, 1.807) is 5.48 Å². The summed E-state index contributed by atoms with van der Waals surface area (Å²) in [6.07, 6.45) is 2.79. The van der Waals surface area contributed by atoms with E-state index in [0.29, 0.717) is 12.1 Å². The molecule has 1 unspecified atom stereocenters. The van der Waals surface area contributed by atoms with Crippen molar-refractivity contribution in [2.45, 2.75) is 41.7 Å². The fourth-order valence-corrected chi connectivity index (χ4v) is 6.26. The number of nitrogens with two attached hydrogens (primary N) is 1. The Hall–Kier alpha value is -1.64. The van der Waals surface area contributed by atoms with Gasteiger partial charge in [-0.05, 0) is 74.9 Å². The molecule has 0 aromatic heterocycles. The lowest BCUT2D eigenvalue weighted by Gasteiger charge is -2.36. The first-order chi connectivity index (χ1) is 11.4. The predicted octanol–water partition coefficient (Wildman–Crippen LogP) is 0.840. The Bertz CT molecular complexity index is 726. The van der Waals surface area contributed by atoms with E-state index in [1.807, 2.05) is 0 Å². The number of nitrogens with one attached hydrogen (secondary N) is 2. The Morgan fingerprint density at radius 2 is 1.75 bits per heavy atom. The Morgan fingerprint density at radius 1 is 1.12 bits per heavy atom. The van der Waals surface area contributed by atoms with Crippen LogP contribution in [0.1, 0.15) is 32.1 Å². The summed E-state index contributed by atoms with van der Waals surface area (Å²) in [5, 5.41) is 12.5. The smallest absolute Gasteiger partial charge is 0.265 e. The number of hydrogen-bond donors (Lipinski definition) is 4. The molecule has 1 aliphatic carbocycles. The molecule has 7 nitrogen and oxygen atoms in total. The van der Waals surface area contributed by atoms with Crippen LogP contribution >= 0.6 is 0 Å². The van der Waals surface area contributed by atoms with E-state index in [1.165, 1.54) is 24.3 Å². The fraction of sp³-hybridized carbons (Fsp3) is 0.562. The molecule has 1 amide bonds. The maximum Gasteiger partial charge on any atom is 0.265 e. The lowest BCUT2D eigenvalue weighted by Crippen LogP contribution is -2.51. The lowest BCUT2D eigenvalue weighted by molar-refractivity contribution is -0.132. The van der Waals surface area contributed by atoms with Gasteiger partial charge in [0.15, 0.2) is 14.6 Å². The number of carbonyl (C=O) groups excluding carboxylic acids is 1. The highest BCUT2D eigenvalue weighted by atomic mass is 32.2. The summed E-state index contributed by atoms with van der Waals surface area (Å²) in [7, 11) is -3.95.